The molecule has 1 fully saturated rings. The van der Waals surface area contributed by atoms with Gasteiger partial charge in [0.15, 0.2) is 0 Å². The van der Waals surface area contributed by atoms with Gasteiger partial charge in [-0.25, -0.2) is 0 Å². The molecule has 5 heteroatoms. The van der Waals surface area contributed by atoms with E-state index >= 15 is 0 Å². The number of hydrogen-bond donors (Lipinski definition) is 2. The van der Waals surface area contributed by atoms with Crippen molar-refractivity contribution in [3.8, 4) is 0 Å². The van der Waals surface area contributed by atoms with Crippen molar-refractivity contribution in [3.05, 3.63) is 0 Å². The standard InChI is InChI=1S/C9H15NO4/c1-7(12)10-4-2-9(6-11,3-5-10)8(13)14/h11H,2-6H2,1H3,(H,13,14). The second kappa shape index (κ2) is 3.96. The number of aliphatic hydroxyl groups excluding tert-OH is 1. The molecule has 1 aliphatic heterocycles. The van der Waals surface area contributed by atoms with Gasteiger partial charge in [-0.1, -0.05) is 0 Å². The van der Waals surface area contributed by atoms with Gasteiger partial charge in [0, 0.05) is 20.0 Å². The lowest BCUT2D eigenvalue weighted by molar-refractivity contribution is -0.157. The van der Waals surface area contributed by atoms with Crippen LogP contribution in [-0.4, -0.2) is 46.7 Å². The molecule has 0 atom stereocenters. The number of hydrogen-bond acceptors (Lipinski definition) is 3. The number of carbonyl (C=O) groups excluding carboxylic acids is 1. The van der Waals surface area contributed by atoms with Gasteiger partial charge in [-0.2, -0.15) is 0 Å². The Morgan fingerprint density at radius 1 is 1.36 bits per heavy atom. The average Bonchev–Trinajstić information content (AvgIpc) is 2.17. The van der Waals surface area contributed by atoms with Crippen LogP contribution < -0.4 is 0 Å². The van der Waals surface area contributed by atoms with Crippen LogP contribution in [-0.2, 0) is 9.59 Å². The highest BCUT2D eigenvalue weighted by Crippen LogP contribution is 2.31. The molecule has 80 valence electrons. The maximum atomic E-state index is 11.0. The summed E-state index contributed by atoms with van der Waals surface area (Å²) in [6.45, 7) is 1.95. The first kappa shape index (κ1) is 11.0. The molecule has 0 radical (unpaired) electrons. The van der Waals surface area contributed by atoms with Crippen LogP contribution in [0.25, 0.3) is 0 Å². The Labute approximate surface area is 82.3 Å². The average molecular weight is 201 g/mol. The number of amides is 1. The van der Waals surface area contributed by atoms with Crippen LogP contribution in [0.5, 0.6) is 0 Å². The predicted octanol–water partition coefficient (Wildman–Crippen LogP) is -0.308. The van der Waals surface area contributed by atoms with E-state index < -0.39 is 11.4 Å². The number of carbonyl (C=O) groups is 2. The van der Waals surface area contributed by atoms with Crippen LogP contribution in [0.3, 0.4) is 0 Å². The summed E-state index contributed by atoms with van der Waals surface area (Å²) in [7, 11) is 0. The van der Waals surface area contributed by atoms with E-state index in [0.717, 1.165) is 0 Å². The fourth-order valence-corrected chi connectivity index (χ4v) is 1.69. The van der Waals surface area contributed by atoms with Gasteiger partial charge in [0.25, 0.3) is 0 Å². The van der Waals surface area contributed by atoms with Gasteiger partial charge in [0.1, 0.15) is 0 Å². The molecule has 0 aliphatic carbocycles. The molecule has 14 heavy (non-hydrogen) atoms. The lowest BCUT2D eigenvalue weighted by Crippen LogP contribution is -2.47. The fraction of sp³-hybridized carbons (Fsp3) is 0.778. The Balaban J connectivity index is 2.64. The zero-order valence-electron chi connectivity index (χ0n) is 8.19. The van der Waals surface area contributed by atoms with Crippen LogP contribution in [0.15, 0.2) is 0 Å². The summed E-state index contributed by atoms with van der Waals surface area (Å²) in [5.41, 5.74) is -1.04. The van der Waals surface area contributed by atoms with Crippen LogP contribution in [0.1, 0.15) is 19.8 Å². The molecule has 1 rings (SSSR count). The number of aliphatic hydroxyl groups is 1. The minimum absolute atomic E-state index is 0.0399. The smallest absolute Gasteiger partial charge is 0.312 e. The van der Waals surface area contributed by atoms with Crippen molar-refractivity contribution in [2.24, 2.45) is 5.41 Å². The monoisotopic (exact) mass is 201 g/mol. The molecule has 0 unspecified atom stereocenters. The third-order valence-electron chi connectivity index (χ3n) is 2.92. The van der Waals surface area contributed by atoms with Crippen LogP contribution in [0.4, 0.5) is 0 Å². The summed E-state index contributed by atoms with van der Waals surface area (Å²) in [6.07, 6.45) is 0.664. The van der Waals surface area contributed by atoms with Gasteiger partial charge in [-0.05, 0) is 12.8 Å². The Kier molecular flexibility index (Phi) is 3.10. The van der Waals surface area contributed by atoms with Gasteiger partial charge in [-0.15, -0.1) is 0 Å². The topological polar surface area (TPSA) is 77.8 Å². The van der Waals surface area contributed by atoms with Crippen molar-refractivity contribution in [3.63, 3.8) is 0 Å². The first-order chi connectivity index (χ1) is 6.52. The molecular formula is C9H15NO4. The Hall–Kier alpha value is -1.10. The number of piperidine rings is 1. The van der Waals surface area contributed by atoms with Crippen LogP contribution >= 0.6 is 0 Å². The molecule has 0 saturated carbocycles. The summed E-state index contributed by atoms with van der Waals surface area (Å²) < 4.78 is 0. The largest absolute Gasteiger partial charge is 0.481 e. The van der Waals surface area contributed by atoms with Gasteiger partial charge < -0.3 is 15.1 Å². The van der Waals surface area contributed by atoms with E-state index in [4.69, 9.17) is 10.2 Å². The third-order valence-corrected chi connectivity index (χ3v) is 2.92. The molecule has 0 aromatic rings. The maximum Gasteiger partial charge on any atom is 0.312 e. The van der Waals surface area contributed by atoms with Gasteiger partial charge in [-0.3, -0.25) is 9.59 Å². The summed E-state index contributed by atoms with van der Waals surface area (Å²) >= 11 is 0. The van der Waals surface area contributed by atoms with E-state index in [0.29, 0.717) is 25.9 Å². The molecular weight excluding hydrogens is 186 g/mol. The summed E-state index contributed by atoms with van der Waals surface area (Å²) in [4.78, 5) is 23.5. The number of nitrogens with zero attached hydrogens (tertiary/aromatic N) is 1. The third kappa shape index (κ3) is 1.87. The SMILES string of the molecule is CC(=O)N1CCC(CO)(C(=O)O)CC1. The quantitative estimate of drug-likeness (QED) is 0.642. The molecule has 1 aliphatic rings. The van der Waals surface area contributed by atoms with Crippen molar-refractivity contribution < 1.29 is 19.8 Å². The Morgan fingerprint density at radius 3 is 2.14 bits per heavy atom. The molecule has 2 N–H and O–H groups in total. The molecule has 0 bridgehead atoms. The molecule has 1 amide bonds. The van der Waals surface area contributed by atoms with E-state index in [-0.39, 0.29) is 12.5 Å². The minimum Gasteiger partial charge on any atom is -0.481 e. The zero-order valence-corrected chi connectivity index (χ0v) is 8.19. The fourth-order valence-electron chi connectivity index (χ4n) is 1.69. The van der Waals surface area contributed by atoms with E-state index in [1.165, 1.54) is 6.92 Å². The van der Waals surface area contributed by atoms with E-state index in [9.17, 15) is 9.59 Å². The van der Waals surface area contributed by atoms with E-state index in [1.54, 1.807) is 4.90 Å². The minimum atomic E-state index is -1.04. The number of carboxylic acid groups (broad SMARTS) is 1. The summed E-state index contributed by atoms with van der Waals surface area (Å²) in [5.74, 6) is -1.01. The number of carboxylic acids is 1. The second-order valence-electron chi connectivity index (χ2n) is 3.75. The summed E-state index contributed by atoms with van der Waals surface area (Å²) in [6, 6.07) is 0. The molecule has 0 spiro atoms. The van der Waals surface area contributed by atoms with Gasteiger partial charge >= 0.3 is 5.97 Å². The predicted molar refractivity (Wildman–Crippen MR) is 48.6 cm³/mol. The highest BCUT2D eigenvalue weighted by molar-refractivity contribution is 5.77. The summed E-state index contributed by atoms with van der Waals surface area (Å²) in [5, 5.41) is 18.0. The zero-order chi connectivity index (χ0) is 10.8. The molecule has 5 nitrogen and oxygen atoms in total. The number of aliphatic carboxylic acids is 1. The number of likely N-dealkylation sites (tertiary alicyclic amines) is 1. The van der Waals surface area contributed by atoms with Crippen molar-refractivity contribution >= 4 is 11.9 Å². The second-order valence-corrected chi connectivity index (χ2v) is 3.75. The molecule has 1 saturated heterocycles. The molecule has 0 aromatic carbocycles. The van der Waals surface area contributed by atoms with Crippen LogP contribution in [0, 0.1) is 5.41 Å². The van der Waals surface area contributed by atoms with Crippen molar-refractivity contribution in [1.29, 1.82) is 0 Å². The van der Waals surface area contributed by atoms with Gasteiger partial charge in [0.2, 0.25) is 5.91 Å². The Morgan fingerprint density at radius 2 is 1.86 bits per heavy atom. The first-order valence-electron chi connectivity index (χ1n) is 4.61. The maximum absolute atomic E-state index is 11.0. The highest BCUT2D eigenvalue weighted by atomic mass is 16.4. The lowest BCUT2D eigenvalue weighted by Gasteiger charge is -2.37. The van der Waals surface area contributed by atoms with Crippen molar-refractivity contribution in [1.82, 2.24) is 4.90 Å². The normalized spacial score (nSPS) is 20.6. The van der Waals surface area contributed by atoms with Crippen LogP contribution in [0.2, 0.25) is 0 Å². The molecule has 0 aromatic heterocycles. The van der Waals surface area contributed by atoms with Crippen molar-refractivity contribution in [2.75, 3.05) is 19.7 Å². The number of rotatable bonds is 2. The van der Waals surface area contributed by atoms with Gasteiger partial charge in [0.05, 0.1) is 12.0 Å². The van der Waals surface area contributed by atoms with E-state index in [1.807, 2.05) is 0 Å². The highest BCUT2D eigenvalue weighted by Gasteiger charge is 2.41. The lowest BCUT2D eigenvalue weighted by atomic mass is 9.79. The Bertz CT molecular complexity index is 243. The first-order valence-corrected chi connectivity index (χ1v) is 4.61. The molecule has 1 heterocycles. The van der Waals surface area contributed by atoms with E-state index in [2.05, 4.69) is 0 Å². The van der Waals surface area contributed by atoms with Crippen molar-refractivity contribution in [2.45, 2.75) is 19.8 Å².